The molecule has 0 bridgehead atoms. The molecular formula is C35H28N7O4. The van der Waals surface area contributed by atoms with Gasteiger partial charge >= 0.3 is 0 Å². The first kappa shape index (κ1) is 28.7. The normalized spacial score (nSPS) is 11.4. The van der Waals surface area contributed by atoms with Crippen molar-refractivity contribution in [2.24, 2.45) is 0 Å². The van der Waals surface area contributed by atoms with Gasteiger partial charge in [0.1, 0.15) is 28.8 Å². The minimum atomic E-state index is -0.215. The second-order valence-electron chi connectivity index (χ2n) is 11.0. The molecule has 11 heteroatoms. The SMILES string of the molecule is O=c1c2ccccc2nc(-c2c[c]cc(O)c2)n1CCCCn1cc(Cn2c(-c3cccc(O)c3)nc3ccccc3c2=O)nn1. The number of phenols is 2. The number of para-hydroxylation sites is 2. The van der Waals surface area contributed by atoms with Crippen LogP contribution in [0.25, 0.3) is 44.6 Å². The van der Waals surface area contributed by atoms with Gasteiger partial charge in [-0.15, -0.1) is 5.10 Å². The zero-order valence-electron chi connectivity index (χ0n) is 24.6. The third kappa shape index (κ3) is 5.61. The summed E-state index contributed by atoms with van der Waals surface area (Å²) in [6.07, 6.45) is 3.14. The van der Waals surface area contributed by atoms with Crippen LogP contribution in [0.2, 0.25) is 0 Å². The Morgan fingerprint density at radius 1 is 0.674 bits per heavy atom. The summed E-state index contributed by atoms with van der Waals surface area (Å²) in [5.74, 6) is 1.01. The lowest BCUT2D eigenvalue weighted by atomic mass is 10.1. The Hall–Kier alpha value is -6.10. The predicted molar refractivity (Wildman–Crippen MR) is 173 cm³/mol. The molecule has 0 unspecified atom stereocenters. The highest BCUT2D eigenvalue weighted by Crippen LogP contribution is 2.24. The quantitative estimate of drug-likeness (QED) is 0.223. The van der Waals surface area contributed by atoms with Gasteiger partial charge in [0, 0.05) is 24.2 Å². The maximum absolute atomic E-state index is 13.6. The Morgan fingerprint density at radius 3 is 2.04 bits per heavy atom. The lowest BCUT2D eigenvalue weighted by molar-refractivity contribution is 0.474. The molecule has 4 aromatic carbocycles. The van der Waals surface area contributed by atoms with E-state index >= 15 is 0 Å². The fourth-order valence-corrected chi connectivity index (χ4v) is 5.59. The molecule has 3 aromatic heterocycles. The van der Waals surface area contributed by atoms with E-state index in [1.165, 1.54) is 6.07 Å². The second kappa shape index (κ2) is 12.1. The third-order valence-corrected chi connectivity index (χ3v) is 7.78. The number of unbranched alkanes of at least 4 members (excludes halogenated alkanes) is 1. The van der Waals surface area contributed by atoms with Crippen LogP contribution in [0.15, 0.2) is 107 Å². The molecule has 0 aliphatic rings. The molecule has 7 rings (SSSR count). The van der Waals surface area contributed by atoms with Crippen molar-refractivity contribution in [3.05, 3.63) is 130 Å². The first-order valence-electron chi connectivity index (χ1n) is 14.8. The van der Waals surface area contributed by atoms with Gasteiger partial charge in [-0.05, 0) is 73.5 Å². The lowest BCUT2D eigenvalue weighted by Gasteiger charge is -2.14. The zero-order chi connectivity index (χ0) is 31.6. The number of hydrogen-bond acceptors (Lipinski definition) is 8. The van der Waals surface area contributed by atoms with E-state index < -0.39 is 0 Å². The minimum Gasteiger partial charge on any atom is -0.508 e. The summed E-state index contributed by atoms with van der Waals surface area (Å²) >= 11 is 0. The summed E-state index contributed by atoms with van der Waals surface area (Å²) in [7, 11) is 0. The van der Waals surface area contributed by atoms with Crippen LogP contribution in [0.4, 0.5) is 0 Å². The molecule has 7 aromatic rings. The molecule has 0 amide bonds. The van der Waals surface area contributed by atoms with Gasteiger partial charge in [0.2, 0.25) is 0 Å². The van der Waals surface area contributed by atoms with E-state index in [9.17, 15) is 19.8 Å². The van der Waals surface area contributed by atoms with Crippen molar-refractivity contribution < 1.29 is 10.2 Å². The fraction of sp³-hybridized carbons (Fsp3) is 0.143. The number of phenolic OH excluding ortho intramolecular Hbond substituents is 2. The van der Waals surface area contributed by atoms with E-state index in [0.29, 0.717) is 76.2 Å². The second-order valence-corrected chi connectivity index (χ2v) is 11.0. The Kier molecular flexibility index (Phi) is 7.55. The predicted octanol–water partition coefficient (Wildman–Crippen LogP) is 4.77. The summed E-state index contributed by atoms with van der Waals surface area (Å²) in [5.41, 5.74) is 2.58. The number of aromatic hydroxyl groups is 2. The van der Waals surface area contributed by atoms with Crippen LogP contribution in [-0.4, -0.2) is 44.3 Å². The van der Waals surface area contributed by atoms with Gasteiger partial charge < -0.3 is 10.2 Å². The Morgan fingerprint density at radius 2 is 1.33 bits per heavy atom. The van der Waals surface area contributed by atoms with Gasteiger partial charge in [-0.25, -0.2) is 9.97 Å². The molecule has 2 N–H and O–H groups in total. The number of hydrogen-bond donors (Lipinski definition) is 2. The van der Waals surface area contributed by atoms with E-state index in [2.05, 4.69) is 16.4 Å². The molecule has 227 valence electrons. The van der Waals surface area contributed by atoms with Crippen molar-refractivity contribution in [1.29, 1.82) is 0 Å². The van der Waals surface area contributed by atoms with Crippen molar-refractivity contribution in [1.82, 2.24) is 34.1 Å². The first-order chi connectivity index (χ1) is 22.4. The van der Waals surface area contributed by atoms with Gasteiger partial charge in [-0.2, -0.15) is 0 Å². The standard InChI is InChI=1S/C35H28N7O4/c43-26-11-7-9-23(19-26)32-36-30-15-3-1-13-28(30)34(45)41(32)18-6-5-17-40-21-25(38-39-40)22-42-33(24-10-8-12-27(44)20-24)37-31-16-4-2-14-29(31)35(42)46/h1-4,8-16,19-21,43-44H,5-6,17-18,22H2. The lowest BCUT2D eigenvalue weighted by Crippen LogP contribution is -2.24. The van der Waals surface area contributed by atoms with Crippen molar-refractivity contribution in [2.75, 3.05) is 0 Å². The molecule has 0 atom stereocenters. The van der Waals surface area contributed by atoms with E-state index in [0.717, 1.165) is 0 Å². The van der Waals surface area contributed by atoms with Gasteiger partial charge in [-0.1, -0.05) is 41.6 Å². The van der Waals surface area contributed by atoms with Crippen LogP contribution >= 0.6 is 0 Å². The number of aryl methyl sites for hydroxylation is 1. The van der Waals surface area contributed by atoms with Crippen LogP contribution in [0.5, 0.6) is 11.5 Å². The van der Waals surface area contributed by atoms with Crippen LogP contribution < -0.4 is 11.1 Å². The Balaban J connectivity index is 1.10. The first-order valence-corrected chi connectivity index (χ1v) is 14.8. The number of aromatic nitrogens is 7. The van der Waals surface area contributed by atoms with Crippen LogP contribution in [0.1, 0.15) is 18.5 Å². The Labute approximate surface area is 262 Å². The summed E-state index contributed by atoms with van der Waals surface area (Å²) in [4.78, 5) is 36.6. The van der Waals surface area contributed by atoms with Crippen molar-refractivity contribution in [2.45, 2.75) is 32.5 Å². The molecule has 0 saturated heterocycles. The summed E-state index contributed by atoms with van der Waals surface area (Å²) < 4.78 is 4.90. The van der Waals surface area contributed by atoms with Gasteiger partial charge in [0.05, 0.1) is 34.5 Å². The summed E-state index contributed by atoms with van der Waals surface area (Å²) in [6.45, 7) is 1.10. The smallest absolute Gasteiger partial charge is 0.262 e. The van der Waals surface area contributed by atoms with Crippen molar-refractivity contribution in [3.63, 3.8) is 0 Å². The highest BCUT2D eigenvalue weighted by molar-refractivity contribution is 5.80. The molecule has 0 aliphatic carbocycles. The van der Waals surface area contributed by atoms with E-state index in [1.54, 1.807) is 86.7 Å². The monoisotopic (exact) mass is 610 g/mol. The highest BCUT2D eigenvalue weighted by atomic mass is 16.3. The van der Waals surface area contributed by atoms with Crippen molar-refractivity contribution >= 4 is 21.8 Å². The van der Waals surface area contributed by atoms with Gasteiger partial charge in [0.15, 0.2) is 0 Å². The molecule has 0 fully saturated rings. The molecule has 46 heavy (non-hydrogen) atoms. The average Bonchev–Trinajstić information content (AvgIpc) is 3.52. The molecule has 3 heterocycles. The van der Waals surface area contributed by atoms with Gasteiger partial charge in [-0.3, -0.25) is 23.4 Å². The van der Waals surface area contributed by atoms with E-state index in [1.807, 2.05) is 18.2 Å². The van der Waals surface area contributed by atoms with E-state index in [-0.39, 0.29) is 29.2 Å². The largest absolute Gasteiger partial charge is 0.508 e. The Bertz CT molecular complexity index is 2340. The third-order valence-electron chi connectivity index (χ3n) is 7.78. The average molecular weight is 611 g/mol. The molecule has 1 radical (unpaired) electrons. The maximum Gasteiger partial charge on any atom is 0.262 e. The topological polar surface area (TPSA) is 141 Å². The molecule has 0 spiro atoms. The minimum absolute atomic E-state index is 0.0456. The van der Waals surface area contributed by atoms with E-state index in [4.69, 9.17) is 9.97 Å². The van der Waals surface area contributed by atoms with Crippen LogP contribution in [0, 0.1) is 6.07 Å². The highest BCUT2D eigenvalue weighted by Gasteiger charge is 2.16. The number of nitrogens with zero attached hydrogens (tertiary/aromatic N) is 7. The summed E-state index contributed by atoms with van der Waals surface area (Å²) in [6, 6.07) is 28.6. The maximum atomic E-state index is 13.6. The van der Waals surface area contributed by atoms with Gasteiger partial charge in [0.25, 0.3) is 11.1 Å². The molecule has 11 nitrogen and oxygen atoms in total. The molecule has 0 saturated carbocycles. The molecular weight excluding hydrogens is 582 g/mol. The number of fused-ring (bicyclic) bond motifs is 2. The van der Waals surface area contributed by atoms with Crippen molar-refractivity contribution in [3.8, 4) is 34.3 Å². The summed E-state index contributed by atoms with van der Waals surface area (Å²) in [5, 5.41) is 29.7. The number of rotatable bonds is 9. The number of benzene rings is 4. The fourth-order valence-electron chi connectivity index (χ4n) is 5.59. The zero-order valence-corrected chi connectivity index (χ0v) is 24.6. The molecule has 0 aliphatic heterocycles. The van der Waals surface area contributed by atoms with Crippen LogP contribution in [-0.2, 0) is 19.6 Å². The van der Waals surface area contributed by atoms with Crippen LogP contribution in [0.3, 0.4) is 0 Å².